The minimum Gasteiger partial charge on any atom is -0.497 e. The molecule has 0 aliphatic rings. The van der Waals surface area contributed by atoms with Crippen molar-refractivity contribution in [3.05, 3.63) is 65.5 Å². The summed E-state index contributed by atoms with van der Waals surface area (Å²) in [6, 6.07) is 16.2. The fourth-order valence-corrected chi connectivity index (χ4v) is 3.14. The Morgan fingerprint density at radius 3 is 2.68 bits per heavy atom. The molecule has 0 spiro atoms. The molecule has 5 heteroatoms. The van der Waals surface area contributed by atoms with Crippen molar-refractivity contribution in [2.24, 2.45) is 0 Å². The molecule has 148 valence electrons. The van der Waals surface area contributed by atoms with E-state index in [4.69, 9.17) is 18.9 Å². The summed E-state index contributed by atoms with van der Waals surface area (Å²) < 4.78 is 17.0. The first kappa shape index (κ1) is 20.0. The molecular formula is C23H28N2O3. The highest BCUT2D eigenvalue weighted by molar-refractivity contribution is 5.63. The molecule has 0 unspecified atom stereocenters. The quantitative estimate of drug-likeness (QED) is 0.534. The van der Waals surface area contributed by atoms with Crippen LogP contribution < -0.4 is 9.47 Å². The molecule has 0 amide bonds. The summed E-state index contributed by atoms with van der Waals surface area (Å²) in [5.41, 5.74) is 3.01. The first-order valence-electron chi connectivity index (χ1n) is 9.56. The van der Waals surface area contributed by atoms with E-state index in [2.05, 4.69) is 31.0 Å². The highest BCUT2D eigenvalue weighted by atomic mass is 16.5. The van der Waals surface area contributed by atoms with Crippen LogP contribution in [-0.2, 0) is 6.54 Å². The third-order valence-electron chi connectivity index (χ3n) is 4.95. The molecule has 0 saturated heterocycles. The van der Waals surface area contributed by atoms with Crippen molar-refractivity contribution in [2.45, 2.75) is 33.4 Å². The zero-order chi connectivity index (χ0) is 20.1. The second kappa shape index (κ2) is 8.93. The zero-order valence-electron chi connectivity index (χ0n) is 17.2. The number of aromatic nitrogens is 1. The smallest absolute Gasteiger partial charge is 0.230 e. The fourth-order valence-electron chi connectivity index (χ4n) is 3.14. The van der Waals surface area contributed by atoms with Crippen molar-refractivity contribution in [3.8, 4) is 23.0 Å². The molecule has 0 fully saturated rings. The van der Waals surface area contributed by atoms with E-state index >= 15 is 0 Å². The molecule has 0 radical (unpaired) electrons. The SMILES string of the molecule is CCOc1ccccc1-c1nc(CN(C)[C@@H](C)c2cccc(OC)c2)c(C)o1. The van der Waals surface area contributed by atoms with Gasteiger partial charge in [-0.1, -0.05) is 24.3 Å². The normalized spacial score (nSPS) is 12.2. The summed E-state index contributed by atoms with van der Waals surface area (Å²) >= 11 is 0. The van der Waals surface area contributed by atoms with E-state index < -0.39 is 0 Å². The van der Waals surface area contributed by atoms with Crippen molar-refractivity contribution >= 4 is 0 Å². The van der Waals surface area contributed by atoms with Gasteiger partial charge >= 0.3 is 0 Å². The van der Waals surface area contributed by atoms with Gasteiger partial charge in [-0.3, -0.25) is 4.90 Å². The predicted molar refractivity (Wildman–Crippen MR) is 111 cm³/mol. The standard InChI is InChI=1S/C23H28N2O3/c1-6-27-22-13-8-7-12-20(22)23-24-21(17(3)28-23)15-25(4)16(2)18-10-9-11-19(14-18)26-5/h7-14,16H,6,15H2,1-5H3/t16-/m0/s1. The average molecular weight is 380 g/mol. The molecule has 28 heavy (non-hydrogen) atoms. The molecule has 0 bridgehead atoms. The average Bonchev–Trinajstić information content (AvgIpc) is 3.08. The molecule has 1 atom stereocenters. The van der Waals surface area contributed by atoms with Crippen LogP contribution in [0, 0.1) is 6.92 Å². The van der Waals surface area contributed by atoms with Crippen LogP contribution in [-0.4, -0.2) is 30.6 Å². The van der Waals surface area contributed by atoms with Crippen LogP contribution >= 0.6 is 0 Å². The first-order chi connectivity index (χ1) is 13.5. The predicted octanol–water partition coefficient (Wildman–Crippen LogP) is 5.25. The van der Waals surface area contributed by atoms with Crippen molar-refractivity contribution in [1.29, 1.82) is 0 Å². The zero-order valence-corrected chi connectivity index (χ0v) is 17.2. The maximum absolute atomic E-state index is 5.97. The van der Waals surface area contributed by atoms with Crippen molar-refractivity contribution in [2.75, 3.05) is 20.8 Å². The van der Waals surface area contributed by atoms with E-state index in [1.807, 2.05) is 50.2 Å². The number of rotatable bonds is 8. The van der Waals surface area contributed by atoms with Gasteiger partial charge in [0.2, 0.25) is 5.89 Å². The Morgan fingerprint density at radius 1 is 1.14 bits per heavy atom. The highest BCUT2D eigenvalue weighted by Crippen LogP contribution is 2.31. The van der Waals surface area contributed by atoms with Crippen LogP contribution in [0.3, 0.4) is 0 Å². The summed E-state index contributed by atoms with van der Waals surface area (Å²) in [6.07, 6.45) is 0. The van der Waals surface area contributed by atoms with E-state index in [-0.39, 0.29) is 6.04 Å². The number of hydrogen-bond acceptors (Lipinski definition) is 5. The Hall–Kier alpha value is -2.79. The summed E-state index contributed by atoms with van der Waals surface area (Å²) in [4.78, 5) is 7.01. The molecule has 0 N–H and O–H groups in total. The van der Waals surface area contributed by atoms with Gasteiger partial charge in [0.15, 0.2) is 0 Å². The van der Waals surface area contributed by atoms with E-state index in [0.29, 0.717) is 19.0 Å². The van der Waals surface area contributed by atoms with Crippen LogP contribution in [0.15, 0.2) is 52.9 Å². The number of aryl methyl sites for hydroxylation is 1. The Kier molecular flexibility index (Phi) is 6.37. The Labute approximate surface area is 166 Å². The maximum atomic E-state index is 5.97. The van der Waals surface area contributed by atoms with Gasteiger partial charge in [-0.25, -0.2) is 4.98 Å². The van der Waals surface area contributed by atoms with Gasteiger partial charge in [-0.05, 0) is 57.6 Å². The maximum Gasteiger partial charge on any atom is 0.230 e. The lowest BCUT2D eigenvalue weighted by molar-refractivity contribution is 0.248. The van der Waals surface area contributed by atoms with E-state index in [1.54, 1.807) is 7.11 Å². The Morgan fingerprint density at radius 2 is 1.93 bits per heavy atom. The van der Waals surface area contributed by atoms with Crippen LogP contribution in [0.25, 0.3) is 11.5 Å². The van der Waals surface area contributed by atoms with Gasteiger partial charge < -0.3 is 13.9 Å². The van der Waals surface area contributed by atoms with Gasteiger partial charge in [0.05, 0.1) is 25.0 Å². The van der Waals surface area contributed by atoms with Crippen LogP contribution in [0.5, 0.6) is 11.5 Å². The van der Waals surface area contributed by atoms with Crippen molar-refractivity contribution in [1.82, 2.24) is 9.88 Å². The third kappa shape index (κ3) is 4.37. The molecule has 3 rings (SSSR count). The largest absolute Gasteiger partial charge is 0.497 e. The molecule has 5 nitrogen and oxygen atoms in total. The number of ether oxygens (including phenoxy) is 2. The van der Waals surface area contributed by atoms with Gasteiger partial charge in [-0.15, -0.1) is 0 Å². The molecular weight excluding hydrogens is 352 g/mol. The number of nitrogens with zero attached hydrogens (tertiary/aromatic N) is 2. The van der Waals surface area contributed by atoms with Crippen LogP contribution in [0.2, 0.25) is 0 Å². The summed E-state index contributed by atoms with van der Waals surface area (Å²) in [5.74, 6) is 3.08. The number of benzene rings is 2. The van der Waals surface area contributed by atoms with Gasteiger partial charge in [0.25, 0.3) is 0 Å². The van der Waals surface area contributed by atoms with Crippen LogP contribution in [0.1, 0.15) is 36.9 Å². The summed E-state index contributed by atoms with van der Waals surface area (Å²) in [5, 5.41) is 0. The lowest BCUT2D eigenvalue weighted by Gasteiger charge is -2.24. The number of methoxy groups -OCH3 is 1. The van der Waals surface area contributed by atoms with Gasteiger partial charge in [0.1, 0.15) is 17.3 Å². The number of para-hydroxylation sites is 1. The molecule has 0 saturated carbocycles. The molecule has 1 aromatic heterocycles. The number of oxazole rings is 1. The summed E-state index contributed by atoms with van der Waals surface area (Å²) in [6.45, 7) is 7.39. The van der Waals surface area contributed by atoms with Crippen molar-refractivity contribution in [3.63, 3.8) is 0 Å². The lowest BCUT2D eigenvalue weighted by Crippen LogP contribution is -2.22. The molecule has 0 aliphatic heterocycles. The second-order valence-corrected chi connectivity index (χ2v) is 6.82. The molecule has 1 heterocycles. The van der Waals surface area contributed by atoms with E-state index in [9.17, 15) is 0 Å². The van der Waals surface area contributed by atoms with Gasteiger partial charge in [0, 0.05) is 12.6 Å². The minimum atomic E-state index is 0.213. The first-order valence-corrected chi connectivity index (χ1v) is 9.56. The van der Waals surface area contributed by atoms with E-state index in [1.165, 1.54) is 5.56 Å². The minimum absolute atomic E-state index is 0.213. The Balaban J connectivity index is 1.80. The van der Waals surface area contributed by atoms with Crippen LogP contribution in [0.4, 0.5) is 0 Å². The topological polar surface area (TPSA) is 47.7 Å². The molecule has 3 aromatic rings. The van der Waals surface area contributed by atoms with E-state index in [0.717, 1.165) is 28.5 Å². The lowest BCUT2D eigenvalue weighted by atomic mass is 10.1. The van der Waals surface area contributed by atoms with Crippen molar-refractivity contribution < 1.29 is 13.9 Å². The monoisotopic (exact) mass is 380 g/mol. The third-order valence-corrected chi connectivity index (χ3v) is 4.95. The molecule has 2 aromatic carbocycles. The summed E-state index contributed by atoms with van der Waals surface area (Å²) in [7, 11) is 3.78. The number of hydrogen-bond donors (Lipinski definition) is 0. The fraction of sp³-hybridized carbons (Fsp3) is 0.348. The second-order valence-electron chi connectivity index (χ2n) is 6.82. The Bertz CT molecular complexity index is 920. The van der Waals surface area contributed by atoms with Gasteiger partial charge in [-0.2, -0.15) is 0 Å². The molecule has 0 aliphatic carbocycles. The highest BCUT2D eigenvalue weighted by Gasteiger charge is 2.19.